The highest BCUT2D eigenvalue weighted by atomic mass is 16.5. The van der Waals surface area contributed by atoms with Crippen molar-refractivity contribution in [3.63, 3.8) is 0 Å². The van der Waals surface area contributed by atoms with E-state index in [-0.39, 0.29) is 18.1 Å². The van der Waals surface area contributed by atoms with Crippen LogP contribution in [-0.2, 0) is 4.74 Å². The molecule has 2 rings (SSSR count). The van der Waals surface area contributed by atoms with Gasteiger partial charge in [0.2, 0.25) is 0 Å². The van der Waals surface area contributed by atoms with E-state index in [1.54, 1.807) is 6.07 Å². The standard InChI is InChI=1S/C14H20N2O2/c1-9-4-12(6-13(15)5-9)14(17)16-7-10(2)18-11(3)8-16/h4-6,10-11H,7-8,15H2,1-3H3. The number of carbonyl (C=O) groups excluding carboxylic acids is 1. The average molecular weight is 248 g/mol. The van der Waals surface area contributed by atoms with E-state index in [0.717, 1.165) is 5.56 Å². The zero-order valence-electron chi connectivity index (χ0n) is 11.1. The van der Waals surface area contributed by atoms with Crippen molar-refractivity contribution in [1.29, 1.82) is 0 Å². The summed E-state index contributed by atoms with van der Waals surface area (Å²) in [6.07, 6.45) is 0.166. The van der Waals surface area contributed by atoms with Crippen molar-refractivity contribution in [3.8, 4) is 0 Å². The lowest BCUT2D eigenvalue weighted by molar-refractivity contribution is -0.0586. The van der Waals surface area contributed by atoms with Gasteiger partial charge in [-0.25, -0.2) is 0 Å². The molecule has 4 nitrogen and oxygen atoms in total. The smallest absolute Gasteiger partial charge is 0.254 e. The first-order valence-corrected chi connectivity index (χ1v) is 6.27. The molecule has 1 aromatic carbocycles. The molecular formula is C14H20N2O2. The molecule has 1 amide bonds. The van der Waals surface area contributed by atoms with Crippen LogP contribution < -0.4 is 5.73 Å². The van der Waals surface area contributed by atoms with E-state index in [0.29, 0.717) is 24.3 Å². The van der Waals surface area contributed by atoms with Crippen molar-refractivity contribution in [2.75, 3.05) is 18.8 Å². The second-order valence-corrected chi connectivity index (χ2v) is 5.10. The molecule has 0 bridgehead atoms. The van der Waals surface area contributed by atoms with E-state index in [4.69, 9.17) is 10.5 Å². The second kappa shape index (κ2) is 4.98. The van der Waals surface area contributed by atoms with Crippen molar-refractivity contribution < 1.29 is 9.53 Å². The summed E-state index contributed by atoms with van der Waals surface area (Å²) in [6, 6.07) is 5.48. The Morgan fingerprint density at radius 1 is 1.28 bits per heavy atom. The summed E-state index contributed by atoms with van der Waals surface area (Å²) in [6.45, 7) is 7.19. The van der Waals surface area contributed by atoms with Gasteiger partial charge in [0.1, 0.15) is 0 Å². The van der Waals surface area contributed by atoms with E-state index < -0.39 is 0 Å². The number of rotatable bonds is 1. The van der Waals surface area contributed by atoms with Crippen LogP contribution in [-0.4, -0.2) is 36.1 Å². The van der Waals surface area contributed by atoms with Crippen LogP contribution >= 0.6 is 0 Å². The summed E-state index contributed by atoms with van der Waals surface area (Å²) in [5.74, 6) is 0.0346. The largest absolute Gasteiger partial charge is 0.399 e. The van der Waals surface area contributed by atoms with Crippen LogP contribution in [0.3, 0.4) is 0 Å². The molecule has 98 valence electrons. The van der Waals surface area contributed by atoms with Gasteiger partial charge in [0.15, 0.2) is 0 Å². The Balaban J connectivity index is 2.20. The second-order valence-electron chi connectivity index (χ2n) is 5.10. The molecule has 1 heterocycles. The first-order chi connectivity index (χ1) is 8.45. The van der Waals surface area contributed by atoms with E-state index in [9.17, 15) is 4.79 Å². The number of morpholine rings is 1. The van der Waals surface area contributed by atoms with Crippen LogP contribution in [0.2, 0.25) is 0 Å². The molecule has 0 aromatic heterocycles. The number of nitrogens with zero attached hydrogens (tertiary/aromatic N) is 1. The van der Waals surface area contributed by atoms with Gasteiger partial charge in [-0.15, -0.1) is 0 Å². The van der Waals surface area contributed by atoms with E-state index in [2.05, 4.69) is 0 Å². The molecule has 4 heteroatoms. The highest BCUT2D eigenvalue weighted by Gasteiger charge is 2.26. The van der Waals surface area contributed by atoms with Gasteiger partial charge >= 0.3 is 0 Å². The lowest BCUT2D eigenvalue weighted by atomic mass is 10.1. The summed E-state index contributed by atoms with van der Waals surface area (Å²) >= 11 is 0. The maximum absolute atomic E-state index is 12.4. The summed E-state index contributed by atoms with van der Waals surface area (Å²) in [4.78, 5) is 14.3. The zero-order valence-corrected chi connectivity index (χ0v) is 11.1. The van der Waals surface area contributed by atoms with Crippen molar-refractivity contribution in [1.82, 2.24) is 4.90 Å². The Morgan fingerprint density at radius 2 is 1.89 bits per heavy atom. The Bertz CT molecular complexity index is 429. The van der Waals surface area contributed by atoms with Crippen LogP contribution in [0.5, 0.6) is 0 Å². The molecule has 1 saturated heterocycles. The Labute approximate surface area is 108 Å². The summed E-state index contributed by atoms with van der Waals surface area (Å²) < 4.78 is 5.63. The number of amides is 1. The molecule has 2 N–H and O–H groups in total. The average Bonchev–Trinajstić information content (AvgIpc) is 2.25. The summed E-state index contributed by atoms with van der Waals surface area (Å²) in [5.41, 5.74) is 8.09. The number of hydrogen-bond donors (Lipinski definition) is 1. The van der Waals surface area contributed by atoms with Crippen LogP contribution in [0.4, 0.5) is 5.69 Å². The van der Waals surface area contributed by atoms with Gasteiger partial charge < -0.3 is 15.4 Å². The number of ether oxygens (including phenoxy) is 1. The minimum absolute atomic E-state index is 0.0346. The van der Waals surface area contributed by atoms with Crippen molar-refractivity contribution in [3.05, 3.63) is 29.3 Å². The molecule has 0 radical (unpaired) electrons. The van der Waals surface area contributed by atoms with Crippen LogP contribution in [0.25, 0.3) is 0 Å². The van der Waals surface area contributed by atoms with Crippen LogP contribution in [0.1, 0.15) is 29.8 Å². The molecule has 2 atom stereocenters. The monoisotopic (exact) mass is 248 g/mol. The Hall–Kier alpha value is -1.55. The molecule has 1 aliphatic heterocycles. The number of nitrogens with two attached hydrogens (primary N) is 1. The van der Waals surface area contributed by atoms with Gasteiger partial charge in [-0.2, -0.15) is 0 Å². The topological polar surface area (TPSA) is 55.6 Å². The highest BCUT2D eigenvalue weighted by molar-refractivity contribution is 5.95. The predicted octanol–water partition coefficient (Wildman–Crippen LogP) is 1.83. The van der Waals surface area contributed by atoms with Gasteiger partial charge in [0.05, 0.1) is 12.2 Å². The number of aryl methyl sites for hydroxylation is 1. The Kier molecular flexibility index (Phi) is 3.57. The van der Waals surface area contributed by atoms with Crippen molar-refractivity contribution >= 4 is 11.6 Å². The van der Waals surface area contributed by atoms with E-state index >= 15 is 0 Å². The predicted molar refractivity (Wildman–Crippen MR) is 71.5 cm³/mol. The third-order valence-corrected chi connectivity index (χ3v) is 3.05. The third kappa shape index (κ3) is 2.82. The van der Waals surface area contributed by atoms with Crippen molar-refractivity contribution in [2.24, 2.45) is 0 Å². The van der Waals surface area contributed by atoms with Gasteiger partial charge in [-0.05, 0) is 44.5 Å². The third-order valence-electron chi connectivity index (χ3n) is 3.05. The lowest BCUT2D eigenvalue weighted by Gasteiger charge is -2.35. The van der Waals surface area contributed by atoms with E-state index in [1.807, 2.05) is 37.8 Å². The van der Waals surface area contributed by atoms with E-state index in [1.165, 1.54) is 0 Å². The zero-order chi connectivity index (χ0) is 13.3. The minimum atomic E-state index is 0.0346. The fraction of sp³-hybridized carbons (Fsp3) is 0.500. The molecule has 1 aliphatic rings. The van der Waals surface area contributed by atoms with Gasteiger partial charge in [0, 0.05) is 24.3 Å². The molecule has 1 fully saturated rings. The fourth-order valence-corrected chi connectivity index (χ4v) is 2.46. The lowest BCUT2D eigenvalue weighted by Crippen LogP contribution is -2.48. The molecule has 0 saturated carbocycles. The summed E-state index contributed by atoms with van der Waals surface area (Å²) in [5, 5.41) is 0. The molecule has 2 unspecified atom stereocenters. The number of carbonyl (C=O) groups is 1. The SMILES string of the molecule is Cc1cc(N)cc(C(=O)N2CC(C)OC(C)C2)c1. The summed E-state index contributed by atoms with van der Waals surface area (Å²) in [7, 11) is 0. The molecule has 0 spiro atoms. The quantitative estimate of drug-likeness (QED) is 0.771. The number of nitrogen functional groups attached to an aromatic ring is 1. The molecular weight excluding hydrogens is 228 g/mol. The van der Waals surface area contributed by atoms with Crippen molar-refractivity contribution in [2.45, 2.75) is 33.0 Å². The molecule has 18 heavy (non-hydrogen) atoms. The van der Waals surface area contributed by atoms with Gasteiger partial charge in [0.25, 0.3) is 5.91 Å². The molecule has 1 aromatic rings. The molecule has 0 aliphatic carbocycles. The number of hydrogen-bond acceptors (Lipinski definition) is 3. The highest BCUT2D eigenvalue weighted by Crippen LogP contribution is 2.17. The maximum Gasteiger partial charge on any atom is 0.254 e. The normalized spacial score (nSPS) is 24.1. The number of anilines is 1. The number of benzene rings is 1. The van der Waals surface area contributed by atoms with Crippen LogP contribution in [0, 0.1) is 6.92 Å². The van der Waals surface area contributed by atoms with Crippen LogP contribution in [0.15, 0.2) is 18.2 Å². The first-order valence-electron chi connectivity index (χ1n) is 6.27. The Morgan fingerprint density at radius 3 is 2.44 bits per heavy atom. The van der Waals surface area contributed by atoms with Gasteiger partial charge in [-0.3, -0.25) is 4.79 Å². The maximum atomic E-state index is 12.4. The fourth-order valence-electron chi connectivity index (χ4n) is 2.46. The van der Waals surface area contributed by atoms with Gasteiger partial charge in [-0.1, -0.05) is 0 Å². The first kappa shape index (κ1) is 12.9. The minimum Gasteiger partial charge on any atom is -0.399 e.